The summed E-state index contributed by atoms with van der Waals surface area (Å²) < 4.78 is 17.6. The van der Waals surface area contributed by atoms with Crippen LogP contribution >= 0.6 is 0 Å². The molecule has 2 aromatic rings. The molecule has 1 aliphatic carbocycles. The van der Waals surface area contributed by atoms with Crippen LogP contribution in [0.1, 0.15) is 61.9 Å². The summed E-state index contributed by atoms with van der Waals surface area (Å²) >= 11 is 0. The maximum absolute atomic E-state index is 13.7. The zero-order valence-corrected chi connectivity index (χ0v) is 24.2. The largest absolute Gasteiger partial charge is 0.486 e. The van der Waals surface area contributed by atoms with Gasteiger partial charge in [-0.25, -0.2) is 4.79 Å². The van der Waals surface area contributed by atoms with Gasteiger partial charge in [0.25, 0.3) is 5.91 Å². The van der Waals surface area contributed by atoms with Gasteiger partial charge in [-0.05, 0) is 56.6 Å². The number of aliphatic hydroxyl groups is 1. The average molecular weight is 567 g/mol. The van der Waals surface area contributed by atoms with E-state index in [0.29, 0.717) is 36.6 Å². The number of fused-ring (bicyclic) bond motifs is 2. The molecule has 3 aliphatic rings. The van der Waals surface area contributed by atoms with Gasteiger partial charge < -0.3 is 34.9 Å². The molecule has 2 aliphatic heterocycles. The van der Waals surface area contributed by atoms with Gasteiger partial charge >= 0.3 is 6.03 Å². The molecule has 1 saturated carbocycles. The maximum atomic E-state index is 13.7. The molecule has 2 aromatic carbocycles. The lowest BCUT2D eigenvalue weighted by atomic mass is 9.96. The molecule has 0 saturated heterocycles. The highest BCUT2D eigenvalue weighted by molar-refractivity contribution is 6.01. The number of likely N-dealkylation sites (N-methyl/N-ethyl adjacent to an activating group) is 1. The highest BCUT2D eigenvalue weighted by atomic mass is 16.7. The number of aliphatic hydroxyl groups excluding tert-OH is 1. The van der Waals surface area contributed by atoms with E-state index in [2.05, 4.69) is 22.5 Å². The smallest absolute Gasteiger partial charge is 0.319 e. The van der Waals surface area contributed by atoms with Gasteiger partial charge in [0.1, 0.15) is 6.10 Å². The second kappa shape index (κ2) is 13.0. The first-order valence-electron chi connectivity index (χ1n) is 14.7. The third-order valence-electron chi connectivity index (χ3n) is 8.26. The molecule has 3 atom stereocenters. The lowest BCUT2D eigenvalue weighted by Gasteiger charge is -2.38. The first kappa shape index (κ1) is 29.0. The SMILES string of the molecule is C[C@@H]1CN([C@@H](C)CO)C(=O)c2cccc(NC(=O)NC3CCCCC3)c2O[C@@H]1CN(C)Cc1ccc2c(c1)OCO2. The van der Waals surface area contributed by atoms with E-state index in [9.17, 15) is 14.7 Å². The first-order valence-corrected chi connectivity index (χ1v) is 14.7. The summed E-state index contributed by atoms with van der Waals surface area (Å²) in [5.74, 6) is 1.58. The Balaban J connectivity index is 1.38. The zero-order chi connectivity index (χ0) is 28.9. The highest BCUT2D eigenvalue weighted by Crippen LogP contribution is 2.36. The molecule has 3 amide bonds. The van der Waals surface area contributed by atoms with Crippen molar-refractivity contribution < 1.29 is 28.9 Å². The van der Waals surface area contributed by atoms with Crippen LogP contribution in [0.15, 0.2) is 36.4 Å². The van der Waals surface area contributed by atoms with Crippen LogP contribution in [0.4, 0.5) is 10.5 Å². The average Bonchev–Trinajstić information content (AvgIpc) is 3.43. The number of ether oxygens (including phenoxy) is 3. The lowest BCUT2D eigenvalue weighted by Crippen LogP contribution is -2.50. The molecule has 41 heavy (non-hydrogen) atoms. The van der Waals surface area contributed by atoms with Crippen LogP contribution in [-0.4, -0.2) is 78.6 Å². The van der Waals surface area contributed by atoms with Gasteiger partial charge in [0.15, 0.2) is 17.2 Å². The predicted molar refractivity (Wildman–Crippen MR) is 156 cm³/mol. The Morgan fingerprint density at radius 2 is 1.93 bits per heavy atom. The van der Waals surface area contributed by atoms with Crippen molar-refractivity contribution >= 4 is 17.6 Å². The van der Waals surface area contributed by atoms with Gasteiger partial charge in [0, 0.05) is 31.6 Å². The Morgan fingerprint density at radius 1 is 1.15 bits per heavy atom. The fourth-order valence-electron chi connectivity index (χ4n) is 5.87. The van der Waals surface area contributed by atoms with Crippen LogP contribution in [0, 0.1) is 5.92 Å². The van der Waals surface area contributed by atoms with Gasteiger partial charge in [0.05, 0.1) is 23.9 Å². The standard InChI is InChI=1S/C31H42N4O6/c1-20-15-35(21(2)18-36)30(37)24-10-7-11-25(33-31(38)32-23-8-5-4-6-9-23)29(24)41-28(20)17-34(3)16-22-12-13-26-27(14-22)40-19-39-26/h7,10-14,20-21,23,28,36H,4-6,8-9,15-19H2,1-3H3,(H2,32,33,38)/t20-,21+,28-/m1/s1. The second-order valence-corrected chi connectivity index (χ2v) is 11.6. The number of nitrogens with one attached hydrogen (secondary N) is 2. The molecule has 2 heterocycles. The summed E-state index contributed by atoms with van der Waals surface area (Å²) in [5.41, 5.74) is 1.91. The summed E-state index contributed by atoms with van der Waals surface area (Å²) in [5, 5.41) is 16.0. The monoisotopic (exact) mass is 566 g/mol. The molecule has 3 N–H and O–H groups in total. The maximum Gasteiger partial charge on any atom is 0.319 e. The molecule has 10 heteroatoms. The number of anilines is 1. The van der Waals surface area contributed by atoms with Crippen molar-refractivity contribution in [1.82, 2.24) is 15.1 Å². The van der Waals surface area contributed by atoms with Gasteiger partial charge in [-0.3, -0.25) is 9.69 Å². The topological polar surface area (TPSA) is 113 Å². The van der Waals surface area contributed by atoms with Crippen molar-refractivity contribution in [2.75, 3.05) is 38.9 Å². The normalized spacial score (nSPS) is 21.5. The second-order valence-electron chi connectivity index (χ2n) is 11.6. The van der Waals surface area contributed by atoms with Crippen LogP contribution in [-0.2, 0) is 6.54 Å². The molecule has 0 spiro atoms. The summed E-state index contributed by atoms with van der Waals surface area (Å²) in [7, 11) is 2.03. The van der Waals surface area contributed by atoms with Gasteiger partial charge in [-0.2, -0.15) is 0 Å². The van der Waals surface area contributed by atoms with E-state index in [1.165, 1.54) is 6.42 Å². The number of urea groups is 1. The molecule has 1 fully saturated rings. The van der Waals surface area contributed by atoms with E-state index in [-0.39, 0.29) is 49.4 Å². The summed E-state index contributed by atoms with van der Waals surface area (Å²) in [6.45, 7) is 5.65. The van der Waals surface area contributed by atoms with Crippen molar-refractivity contribution in [1.29, 1.82) is 0 Å². The third-order valence-corrected chi connectivity index (χ3v) is 8.26. The summed E-state index contributed by atoms with van der Waals surface area (Å²) in [4.78, 5) is 30.6. The summed E-state index contributed by atoms with van der Waals surface area (Å²) in [6, 6.07) is 10.7. The molecule has 5 rings (SSSR count). The number of rotatable bonds is 8. The van der Waals surface area contributed by atoms with Crippen LogP contribution in [0.2, 0.25) is 0 Å². The first-order chi connectivity index (χ1) is 19.8. The minimum absolute atomic E-state index is 0.0515. The van der Waals surface area contributed by atoms with Gasteiger partial charge in [-0.1, -0.05) is 38.3 Å². The third kappa shape index (κ3) is 6.87. The van der Waals surface area contributed by atoms with Crippen LogP contribution in [0.5, 0.6) is 17.2 Å². The molecule has 0 unspecified atom stereocenters. The van der Waals surface area contributed by atoms with Crippen molar-refractivity contribution in [3.8, 4) is 17.2 Å². The van der Waals surface area contributed by atoms with Crippen LogP contribution in [0.25, 0.3) is 0 Å². The Hall–Kier alpha value is -3.50. The van der Waals surface area contributed by atoms with Crippen molar-refractivity contribution in [2.45, 2.75) is 70.7 Å². The van der Waals surface area contributed by atoms with Crippen molar-refractivity contribution in [2.24, 2.45) is 5.92 Å². The summed E-state index contributed by atoms with van der Waals surface area (Å²) in [6.07, 6.45) is 5.08. The molecule has 0 aromatic heterocycles. The van der Waals surface area contributed by atoms with E-state index >= 15 is 0 Å². The lowest BCUT2D eigenvalue weighted by molar-refractivity contribution is 0.0343. The Morgan fingerprint density at radius 3 is 2.71 bits per heavy atom. The van der Waals surface area contributed by atoms with Crippen molar-refractivity contribution in [3.63, 3.8) is 0 Å². The molecular formula is C31H42N4O6. The fraction of sp³-hybridized carbons (Fsp3) is 0.548. The Kier molecular flexibility index (Phi) is 9.19. The number of hydrogen-bond donors (Lipinski definition) is 3. The predicted octanol–water partition coefficient (Wildman–Crippen LogP) is 4.22. The van der Waals surface area contributed by atoms with Gasteiger partial charge in [0.2, 0.25) is 6.79 Å². The van der Waals surface area contributed by atoms with E-state index in [0.717, 1.165) is 42.7 Å². The Bertz CT molecular complexity index is 1230. The zero-order valence-electron chi connectivity index (χ0n) is 24.2. The number of amides is 3. The van der Waals surface area contributed by atoms with E-state index in [1.807, 2.05) is 32.2 Å². The number of para-hydroxylation sites is 1. The number of nitrogens with zero attached hydrogens (tertiary/aromatic N) is 2. The molecule has 10 nitrogen and oxygen atoms in total. The minimum Gasteiger partial charge on any atom is -0.486 e. The van der Waals surface area contributed by atoms with Crippen LogP contribution in [0.3, 0.4) is 0 Å². The molecule has 222 valence electrons. The quantitative estimate of drug-likeness (QED) is 0.439. The minimum atomic E-state index is -0.367. The van der Waals surface area contributed by atoms with E-state index in [4.69, 9.17) is 14.2 Å². The van der Waals surface area contributed by atoms with Crippen molar-refractivity contribution in [3.05, 3.63) is 47.5 Å². The fourth-order valence-corrected chi connectivity index (χ4v) is 5.87. The van der Waals surface area contributed by atoms with E-state index in [1.54, 1.807) is 23.1 Å². The number of carbonyl (C=O) groups excluding carboxylic acids is 2. The highest BCUT2D eigenvalue weighted by Gasteiger charge is 2.35. The molecule has 0 bridgehead atoms. The van der Waals surface area contributed by atoms with E-state index < -0.39 is 0 Å². The Labute approximate surface area is 241 Å². The van der Waals surface area contributed by atoms with Crippen LogP contribution < -0.4 is 24.8 Å². The number of hydrogen-bond acceptors (Lipinski definition) is 7. The number of carbonyl (C=O) groups is 2. The molecule has 0 radical (unpaired) electrons. The molecular weight excluding hydrogens is 524 g/mol. The van der Waals surface area contributed by atoms with Gasteiger partial charge in [-0.15, -0.1) is 0 Å². The number of benzene rings is 2.